The fourth-order valence-corrected chi connectivity index (χ4v) is 2.83. The van der Waals surface area contributed by atoms with Crippen molar-refractivity contribution in [2.75, 3.05) is 0 Å². The molecule has 3 rings (SSSR count). The Morgan fingerprint density at radius 1 is 1.00 bits per heavy atom. The van der Waals surface area contributed by atoms with Crippen molar-refractivity contribution in [1.29, 1.82) is 0 Å². The average Bonchev–Trinajstić information content (AvgIpc) is 2.48. The molecule has 0 unspecified atom stereocenters. The van der Waals surface area contributed by atoms with Crippen LogP contribution in [0, 0.1) is 15.2 Å². The van der Waals surface area contributed by atoms with Gasteiger partial charge >= 0.3 is 0 Å². The van der Waals surface area contributed by atoms with Gasteiger partial charge in [0.25, 0.3) is 5.56 Å². The van der Waals surface area contributed by atoms with Crippen LogP contribution in [-0.2, 0) is 6.54 Å². The maximum Gasteiger partial charge on any atom is 0.267 e. The molecule has 0 saturated heterocycles. The first kappa shape index (κ1) is 15.8. The Kier molecular flexibility index (Phi) is 4.51. The van der Waals surface area contributed by atoms with Crippen LogP contribution in [0.25, 0.3) is 11.3 Å². The van der Waals surface area contributed by atoms with E-state index in [1.165, 1.54) is 28.9 Å². The van der Waals surface area contributed by atoms with Crippen LogP contribution in [-0.4, -0.2) is 9.78 Å². The summed E-state index contributed by atoms with van der Waals surface area (Å²) in [5.74, 6) is -1.37. The SMILES string of the molecule is O=c1ccc(-c2cc(F)cc(F)c2)nn1Cc1cccc(I)c1. The zero-order valence-corrected chi connectivity index (χ0v) is 14.0. The van der Waals surface area contributed by atoms with E-state index in [0.717, 1.165) is 15.2 Å². The standard InChI is InChI=1S/C17H11F2IN2O/c18-13-7-12(8-14(19)9-13)16-4-5-17(23)22(21-16)10-11-2-1-3-15(20)6-11/h1-9H,10H2. The number of rotatable bonds is 3. The van der Waals surface area contributed by atoms with E-state index in [1.807, 2.05) is 24.3 Å². The Labute approximate surface area is 144 Å². The number of halogens is 3. The molecule has 6 heteroatoms. The highest BCUT2D eigenvalue weighted by Gasteiger charge is 2.07. The van der Waals surface area contributed by atoms with Crippen LogP contribution in [0.1, 0.15) is 5.56 Å². The van der Waals surface area contributed by atoms with E-state index in [1.54, 1.807) is 0 Å². The minimum atomic E-state index is -0.683. The molecule has 0 aliphatic heterocycles. The molecule has 3 aromatic rings. The topological polar surface area (TPSA) is 34.9 Å². The van der Waals surface area contributed by atoms with E-state index < -0.39 is 11.6 Å². The normalized spacial score (nSPS) is 10.7. The van der Waals surface area contributed by atoms with Crippen molar-refractivity contribution in [2.24, 2.45) is 0 Å². The summed E-state index contributed by atoms with van der Waals surface area (Å²) in [6.45, 7) is 0.293. The Morgan fingerprint density at radius 2 is 1.74 bits per heavy atom. The minimum Gasteiger partial charge on any atom is -0.268 e. The summed E-state index contributed by atoms with van der Waals surface area (Å²) >= 11 is 2.19. The lowest BCUT2D eigenvalue weighted by molar-refractivity contribution is 0.583. The van der Waals surface area contributed by atoms with Gasteiger partial charge in [-0.15, -0.1) is 0 Å². The molecule has 3 nitrogen and oxygen atoms in total. The quantitative estimate of drug-likeness (QED) is 0.599. The van der Waals surface area contributed by atoms with Crippen LogP contribution < -0.4 is 5.56 Å². The highest BCUT2D eigenvalue weighted by atomic mass is 127. The molecule has 1 aromatic heterocycles. The molecule has 23 heavy (non-hydrogen) atoms. The van der Waals surface area contributed by atoms with Crippen LogP contribution in [0.4, 0.5) is 8.78 Å². The van der Waals surface area contributed by atoms with Crippen LogP contribution in [0.5, 0.6) is 0 Å². The van der Waals surface area contributed by atoms with Gasteiger partial charge in [-0.1, -0.05) is 12.1 Å². The van der Waals surface area contributed by atoms with E-state index in [0.29, 0.717) is 17.8 Å². The molecule has 0 N–H and O–H groups in total. The van der Waals surface area contributed by atoms with Crippen molar-refractivity contribution < 1.29 is 8.78 Å². The van der Waals surface area contributed by atoms with Crippen molar-refractivity contribution >= 4 is 22.6 Å². The number of aromatic nitrogens is 2. The van der Waals surface area contributed by atoms with Gasteiger partial charge in [0, 0.05) is 21.3 Å². The van der Waals surface area contributed by atoms with E-state index in [2.05, 4.69) is 27.7 Å². The molecule has 0 fully saturated rings. The molecule has 0 aliphatic rings. The lowest BCUT2D eigenvalue weighted by Gasteiger charge is -2.08. The second-order valence-corrected chi connectivity index (χ2v) is 6.25. The van der Waals surface area contributed by atoms with Crippen LogP contribution in [0.15, 0.2) is 59.4 Å². The zero-order chi connectivity index (χ0) is 16.4. The van der Waals surface area contributed by atoms with Crippen molar-refractivity contribution in [1.82, 2.24) is 9.78 Å². The molecule has 0 saturated carbocycles. The molecule has 1 heterocycles. The highest BCUT2D eigenvalue weighted by Crippen LogP contribution is 2.18. The molecule has 0 radical (unpaired) electrons. The maximum atomic E-state index is 13.3. The Morgan fingerprint density at radius 3 is 2.43 bits per heavy atom. The Balaban J connectivity index is 2.00. The Hall–Kier alpha value is -2.09. The van der Waals surface area contributed by atoms with Gasteiger partial charge in [-0.3, -0.25) is 4.79 Å². The van der Waals surface area contributed by atoms with E-state index in [-0.39, 0.29) is 5.56 Å². The van der Waals surface area contributed by atoms with Gasteiger partial charge < -0.3 is 0 Å². The Bertz CT molecular complexity index is 904. The summed E-state index contributed by atoms with van der Waals surface area (Å²) < 4.78 is 29.0. The minimum absolute atomic E-state index is 0.274. The van der Waals surface area contributed by atoms with Gasteiger partial charge in [0.05, 0.1) is 12.2 Å². The summed E-state index contributed by atoms with van der Waals surface area (Å²) in [6, 6.07) is 13.7. The zero-order valence-electron chi connectivity index (χ0n) is 11.8. The maximum absolute atomic E-state index is 13.3. The summed E-state index contributed by atoms with van der Waals surface area (Å²) in [4.78, 5) is 12.0. The molecule has 0 amide bonds. The third kappa shape index (κ3) is 3.82. The second kappa shape index (κ2) is 6.57. The molecule has 0 spiro atoms. The fourth-order valence-electron chi connectivity index (χ4n) is 2.23. The van der Waals surface area contributed by atoms with Crippen molar-refractivity contribution in [3.63, 3.8) is 0 Å². The van der Waals surface area contributed by atoms with Crippen molar-refractivity contribution in [2.45, 2.75) is 6.54 Å². The average molecular weight is 424 g/mol. The number of benzene rings is 2. The summed E-state index contributed by atoms with van der Waals surface area (Å²) in [7, 11) is 0. The lowest BCUT2D eigenvalue weighted by Crippen LogP contribution is -2.22. The van der Waals surface area contributed by atoms with E-state index in [9.17, 15) is 13.6 Å². The van der Waals surface area contributed by atoms with Crippen molar-refractivity contribution in [3.05, 3.63) is 85.7 Å². The molecule has 0 bridgehead atoms. The first-order valence-electron chi connectivity index (χ1n) is 6.80. The molecule has 2 aromatic carbocycles. The summed E-state index contributed by atoms with van der Waals surface area (Å²) in [5.41, 5.74) is 1.28. The largest absolute Gasteiger partial charge is 0.268 e. The second-order valence-electron chi connectivity index (χ2n) is 5.00. The first-order chi connectivity index (χ1) is 11.0. The van der Waals surface area contributed by atoms with Gasteiger partial charge in [0.2, 0.25) is 0 Å². The van der Waals surface area contributed by atoms with Gasteiger partial charge in [-0.05, 0) is 58.5 Å². The third-order valence-electron chi connectivity index (χ3n) is 3.25. The highest BCUT2D eigenvalue weighted by molar-refractivity contribution is 14.1. The summed E-state index contributed by atoms with van der Waals surface area (Å²) in [5, 5.41) is 4.22. The van der Waals surface area contributed by atoms with Gasteiger partial charge in [0.15, 0.2) is 0 Å². The predicted octanol–water partition coefficient (Wildman–Crippen LogP) is 3.84. The predicted molar refractivity (Wildman–Crippen MR) is 92.1 cm³/mol. The first-order valence-corrected chi connectivity index (χ1v) is 7.88. The molecular formula is C17H11F2IN2O. The smallest absolute Gasteiger partial charge is 0.267 e. The van der Waals surface area contributed by atoms with Gasteiger partial charge in [-0.25, -0.2) is 13.5 Å². The number of hydrogen-bond donors (Lipinski definition) is 0. The van der Waals surface area contributed by atoms with Crippen LogP contribution in [0.3, 0.4) is 0 Å². The molecule has 116 valence electrons. The monoisotopic (exact) mass is 424 g/mol. The van der Waals surface area contributed by atoms with Gasteiger partial charge in [-0.2, -0.15) is 5.10 Å². The fraction of sp³-hybridized carbons (Fsp3) is 0.0588. The molecule has 0 aliphatic carbocycles. The van der Waals surface area contributed by atoms with Gasteiger partial charge in [0.1, 0.15) is 11.6 Å². The van der Waals surface area contributed by atoms with E-state index >= 15 is 0 Å². The van der Waals surface area contributed by atoms with E-state index in [4.69, 9.17) is 0 Å². The number of nitrogens with zero attached hydrogens (tertiary/aromatic N) is 2. The van der Waals surface area contributed by atoms with Crippen molar-refractivity contribution in [3.8, 4) is 11.3 Å². The lowest BCUT2D eigenvalue weighted by atomic mass is 10.1. The molecular weight excluding hydrogens is 413 g/mol. The third-order valence-corrected chi connectivity index (χ3v) is 3.92. The van der Waals surface area contributed by atoms with Crippen LogP contribution >= 0.6 is 22.6 Å². The molecule has 0 atom stereocenters. The van der Waals surface area contributed by atoms with Crippen LogP contribution in [0.2, 0.25) is 0 Å². The summed E-state index contributed by atoms with van der Waals surface area (Å²) in [6.07, 6.45) is 0. The number of hydrogen-bond acceptors (Lipinski definition) is 2.